The van der Waals surface area contributed by atoms with E-state index in [0.717, 1.165) is 5.56 Å². The number of carbonyl (C=O) groups excluding carboxylic acids is 1. The maximum atomic E-state index is 15.7. The van der Waals surface area contributed by atoms with Gasteiger partial charge in [0.15, 0.2) is 11.5 Å². The molecule has 0 bridgehead atoms. The minimum absolute atomic E-state index is 0.0206. The number of carbonyl (C=O) groups is 1. The van der Waals surface area contributed by atoms with Gasteiger partial charge in [0, 0.05) is 34.8 Å². The lowest BCUT2D eigenvalue weighted by molar-refractivity contribution is -0.134. The van der Waals surface area contributed by atoms with E-state index in [2.05, 4.69) is 4.98 Å². The molecule has 138 valence electrons. The Kier molecular flexibility index (Phi) is 5.35. The van der Waals surface area contributed by atoms with Crippen LogP contribution in [0.5, 0.6) is 0 Å². The number of rotatable bonds is 5. The Balaban J connectivity index is 1.85. The van der Waals surface area contributed by atoms with Gasteiger partial charge < -0.3 is 10.8 Å². The molecule has 3 rings (SSSR count). The quantitative estimate of drug-likeness (QED) is 0.807. The van der Waals surface area contributed by atoms with Crippen LogP contribution in [-0.2, 0) is 22.5 Å². The van der Waals surface area contributed by atoms with Crippen LogP contribution in [0.3, 0.4) is 0 Å². The predicted molar refractivity (Wildman–Crippen MR) is 99.0 cm³/mol. The number of nitrogens with two attached hydrogens (primary N) is 1. The molecule has 1 aromatic heterocycles. The minimum atomic E-state index is -2.19. The zero-order valence-electron chi connectivity index (χ0n) is 14.0. The van der Waals surface area contributed by atoms with Crippen LogP contribution >= 0.6 is 23.2 Å². The van der Waals surface area contributed by atoms with Crippen LogP contribution in [0.25, 0.3) is 0 Å². The second-order valence-corrected chi connectivity index (χ2v) is 7.44. The number of aliphatic hydroxyl groups is 1. The zero-order valence-corrected chi connectivity index (χ0v) is 15.5. The second kappa shape index (κ2) is 7.24. The maximum absolute atomic E-state index is 15.7. The number of hydrogen-bond acceptors (Lipinski definition) is 4. The van der Waals surface area contributed by atoms with E-state index in [-0.39, 0.29) is 37.1 Å². The average molecular weight is 397 g/mol. The maximum Gasteiger partial charge on any atom is 0.195 e. The monoisotopic (exact) mass is 396 g/mol. The summed E-state index contributed by atoms with van der Waals surface area (Å²) in [7, 11) is 0. The molecule has 4 nitrogen and oxygen atoms in total. The summed E-state index contributed by atoms with van der Waals surface area (Å²) in [5.41, 5.74) is 3.04. The number of nitrogens with zero attached hydrogens (tertiary/aromatic N) is 1. The van der Waals surface area contributed by atoms with Crippen LogP contribution in [0.15, 0.2) is 36.5 Å². The zero-order chi connectivity index (χ0) is 18.9. The van der Waals surface area contributed by atoms with E-state index in [1.165, 1.54) is 12.3 Å². The first kappa shape index (κ1) is 19.2. The van der Waals surface area contributed by atoms with Crippen molar-refractivity contribution in [1.82, 2.24) is 4.98 Å². The fourth-order valence-corrected chi connectivity index (χ4v) is 3.89. The van der Waals surface area contributed by atoms with Gasteiger partial charge >= 0.3 is 0 Å². The Hall–Kier alpha value is -1.53. The number of alkyl halides is 1. The number of hydrogen-bond donors (Lipinski definition) is 2. The normalized spacial score (nSPS) is 25.0. The minimum Gasteiger partial charge on any atom is -0.382 e. The summed E-state index contributed by atoms with van der Waals surface area (Å²) in [5, 5.41) is 11.6. The molecule has 1 aliphatic rings. The van der Waals surface area contributed by atoms with Crippen molar-refractivity contribution < 1.29 is 14.3 Å². The summed E-state index contributed by atoms with van der Waals surface area (Å²) in [5.74, 6) is -0.558. The van der Waals surface area contributed by atoms with Gasteiger partial charge in [-0.25, -0.2) is 4.39 Å². The van der Waals surface area contributed by atoms with Crippen LogP contribution in [0.1, 0.15) is 36.1 Å². The Bertz CT molecular complexity index is 848. The fraction of sp³-hybridized carbons (Fsp3) is 0.368. The van der Waals surface area contributed by atoms with Crippen molar-refractivity contribution in [3.8, 4) is 0 Å². The Labute approximate surface area is 161 Å². The molecule has 0 amide bonds. The number of ketones is 1. The van der Waals surface area contributed by atoms with Crippen LogP contribution < -0.4 is 5.73 Å². The molecule has 0 radical (unpaired) electrons. The third kappa shape index (κ3) is 3.37. The Morgan fingerprint density at radius 1 is 1.31 bits per heavy atom. The van der Waals surface area contributed by atoms with Crippen molar-refractivity contribution in [3.63, 3.8) is 0 Å². The van der Waals surface area contributed by atoms with Gasteiger partial charge in [-0.1, -0.05) is 35.3 Å². The number of benzene rings is 1. The van der Waals surface area contributed by atoms with Gasteiger partial charge in [0.1, 0.15) is 5.60 Å². The van der Waals surface area contributed by atoms with Crippen LogP contribution in [0.2, 0.25) is 10.0 Å². The average Bonchev–Trinajstić information content (AvgIpc) is 2.64. The van der Waals surface area contributed by atoms with Crippen molar-refractivity contribution in [2.45, 2.75) is 37.0 Å². The fourth-order valence-electron chi connectivity index (χ4n) is 3.39. The number of pyridine rings is 1. The van der Waals surface area contributed by atoms with Gasteiger partial charge in [-0.05, 0) is 43.0 Å². The molecule has 2 aromatic rings. The van der Waals surface area contributed by atoms with Crippen molar-refractivity contribution in [3.05, 3.63) is 63.4 Å². The highest BCUT2D eigenvalue weighted by Gasteiger charge is 2.50. The first-order valence-electron chi connectivity index (χ1n) is 8.35. The van der Waals surface area contributed by atoms with E-state index < -0.39 is 17.1 Å². The molecule has 3 N–H and O–H groups in total. The van der Waals surface area contributed by atoms with Gasteiger partial charge in [0.25, 0.3) is 0 Å². The van der Waals surface area contributed by atoms with Gasteiger partial charge in [-0.2, -0.15) is 0 Å². The molecule has 0 spiro atoms. The lowest BCUT2D eigenvalue weighted by Gasteiger charge is -2.39. The van der Waals surface area contributed by atoms with E-state index in [0.29, 0.717) is 16.5 Å². The van der Waals surface area contributed by atoms with Crippen molar-refractivity contribution in [1.29, 1.82) is 0 Å². The van der Waals surface area contributed by atoms with E-state index in [9.17, 15) is 9.90 Å². The van der Waals surface area contributed by atoms with Crippen LogP contribution in [-0.4, -0.2) is 22.4 Å². The molecule has 2 atom stereocenters. The van der Waals surface area contributed by atoms with Crippen molar-refractivity contribution >= 4 is 29.0 Å². The smallest absolute Gasteiger partial charge is 0.195 e. The van der Waals surface area contributed by atoms with E-state index >= 15 is 4.39 Å². The van der Waals surface area contributed by atoms with Crippen LogP contribution in [0.4, 0.5) is 4.39 Å². The lowest BCUT2D eigenvalue weighted by atomic mass is 9.72. The molecular weight excluding hydrogens is 378 g/mol. The summed E-state index contributed by atoms with van der Waals surface area (Å²) in [6.45, 7) is -0.0817. The highest BCUT2D eigenvalue weighted by Crippen LogP contribution is 2.46. The molecule has 1 aromatic carbocycles. The molecule has 0 saturated carbocycles. The summed E-state index contributed by atoms with van der Waals surface area (Å²) in [6.07, 6.45) is 1.65. The number of aryl methyl sites for hydroxylation is 1. The number of aromatic nitrogens is 1. The van der Waals surface area contributed by atoms with Crippen molar-refractivity contribution in [2.75, 3.05) is 6.54 Å². The first-order chi connectivity index (χ1) is 12.3. The Morgan fingerprint density at radius 3 is 2.77 bits per heavy atom. The summed E-state index contributed by atoms with van der Waals surface area (Å²) in [6, 6.07) is 8.05. The third-order valence-electron chi connectivity index (χ3n) is 4.97. The molecule has 1 aliphatic carbocycles. The molecule has 26 heavy (non-hydrogen) atoms. The highest BCUT2D eigenvalue weighted by atomic mass is 35.5. The van der Waals surface area contributed by atoms with Gasteiger partial charge in [-0.15, -0.1) is 0 Å². The lowest BCUT2D eigenvalue weighted by Crippen LogP contribution is -2.46. The second-order valence-electron chi connectivity index (χ2n) is 6.60. The molecule has 1 heterocycles. The van der Waals surface area contributed by atoms with Gasteiger partial charge in [0.05, 0.1) is 5.69 Å². The largest absolute Gasteiger partial charge is 0.382 e. The molecule has 0 aliphatic heterocycles. The molecular formula is C19H19Cl2FN2O2. The van der Waals surface area contributed by atoms with Gasteiger partial charge in [-0.3, -0.25) is 9.78 Å². The molecule has 0 saturated heterocycles. The summed E-state index contributed by atoms with van der Waals surface area (Å²) in [4.78, 5) is 16.9. The van der Waals surface area contributed by atoms with E-state index in [4.69, 9.17) is 28.9 Å². The SMILES string of the molecule is NC[C@@]1(O)CC[C@@](F)(C(=O)CCc2ccc(Cl)cc2Cl)c2cccnc21. The highest BCUT2D eigenvalue weighted by molar-refractivity contribution is 6.35. The number of halogens is 3. The third-order valence-corrected chi connectivity index (χ3v) is 5.56. The van der Waals surface area contributed by atoms with E-state index in [1.54, 1.807) is 24.3 Å². The topological polar surface area (TPSA) is 76.2 Å². The number of Topliss-reactive ketones (excluding diaryl/α,β-unsaturated/α-hetero) is 1. The standard InChI is InChI=1S/C19H19Cl2FN2O2/c20-13-5-3-12(15(21)10-13)4-6-16(25)19(22)8-7-18(26,11-23)17-14(19)2-1-9-24-17/h1-3,5,9-10,26H,4,6-8,11,23H2/t18-,19-/m0/s1. The predicted octanol–water partition coefficient (Wildman–Crippen LogP) is 3.70. The summed E-state index contributed by atoms with van der Waals surface area (Å²) >= 11 is 12.0. The Morgan fingerprint density at radius 2 is 2.08 bits per heavy atom. The van der Waals surface area contributed by atoms with Crippen molar-refractivity contribution in [2.24, 2.45) is 5.73 Å². The van der Waals surface area contributed by atoms with Gasteiger partial charge in [0.2, 0.25) is 0 Å². The molecule has 0 fully saturated rings. The summed E-state index contributed by atoms with van der Waals surface area (Å²) < 4.78 is 15.7. The first-order valence-corrected chi connectivity index (χ1v) is 9.10. The van der Waals surface area contributed by atoms with E-state index in [1.807, 2.05) is 0 Å². The number of fused-ring (bicyclic) bond motifs is 1. The molecule has 7 heteroatoms. The molecule has 0 unspecified atom stereocenters. The van der Waals surface area contributed by atoms with Crippen LogP contribution in [0, 0.1) is 0 Å².